The van der Waals surface area contributed by atoms with Crippen molar-refractivity contribution in [2.75, 3.05) is 18.0 Å². The van der Waals surface area contributed by atoms with Gasteiger partial charge in [-0.25, -0.2) is 26.7 Å². The summed E-state index contributed by atoms with van der Waals surface area (Å²) >= 11 is 0. The largest absolute Gasteiger partial charge is 0.397 e. The van der Waals surface area contributed by atoms with Crippen molar-refractivity contribution in [3.8, 4) is 0 Å². The van der Waals surface area contributed by atoms with E-state index < -0.39 is 25.0 Å². The van der Waals surface area contributed by atoms with E-state index in [1.54, 1.807) is 0 Å². The maximum absolute atomic E-state index is 11.9. The summed E-state index contributed by atoms with van der Waals surface area (Å²) < 4.78 is 47.4. The van der Waals surface area contributed by atoms with Gasteiger partial charge < -0.3 is 5.73 Å². The molecule has 0 heterocycles. The van der Waals surface area contributed by atoms with E-state index in [9.17, 15) is 26.9 Å². The zero-order valence-electron chi connectivity index (χ0n) is 10.7. The molecule has 118 valence electrons. The van der Waals surface area contributed by atoms with Crippen LogP contribution < -0.4 is 15.6 Å². The van der Waals surface area contributed by atoms with Crippen molar-refractivity contribution in [1.82, 2.24) is 4.72 Å². The number of non-ortho nitro benzene ring substituents is 1. The number of rotatable bonds is 7. The SMILES string of the molecule is Nc1cc([N+](=O)[O-])ccc1S(=O)(=O)NCCCS(N)(=O)=O. The Morgan fingerprint density at radius 2 is 1.86 bits per heavy atom. The van der Waals surface area contributed by atoms with Gasteiger partial charge in [-0.2, -0.15) is 0 Å². The first-order valence-electron chi connectivity index (χ1n) is 5.57. The molecule has 0 aliphatic rings. The highest BCUT2D eigenvalue weighted by Gasteiger charge is 2.19. The van der Waals surface area contributed by atoms with E-state index in [4.69, 9.17) is 10.9 Å². The van der Waals surface area contributed by atoms with Crippen LogP contribution in [0.5, 0.6) is 0 Å². The van der Waals surface area contributed by atoms with Gasteiger partial charge in [-0.15, -0.1) is 0 Å². The van der Waals surface area contributed by atoms with Crippen molar-refractivity contribution in [1.29, 1.82) is 0 Å². The molecule has 0 aliphatic heterocycles. The van der Waals surface area contributed by atoms with Gasteiger partial charge in [0.25, 0.3) is 5.69 Å². The number of benzene rings is 1. The lowest BCUT2D eigenvalue weighted by Gasteiger charge is -2.08. The predicted octanol–water partition coefficient (Wildman–Crippen LogP) is -0.866. The zero-order valence-corrected chi connectivity index (χ0v) is 12.4. The van der Waals surface area contributed by atoms with Crippen LogP contribution in [-0.2, 0) is 20.0 Å². The van der Waals surface area contributed by atoms with Crippen molar-refractivity contribution in [3.63, 3.8) is 0 Å². The summed E-state index contributed by atoms with van der Waals surface area (Å²) in [5.41, 5.74) is 4.87. The summed E-state index contributed by atoms with van der Waals surface area (Å²) in [6.45, 7) is -0.158. The Labute approximate surface area is 121 Å². The van der Waals surface area contributed by atoms with Gasteiger partial charge in [-0.3, -0.25) is 10.1 Å². The number of sulfonamides is 2. The van der Waals surface area contributed by atoms with Crippen LogP contribution in [0.1, 0.15) is 6.42 Å². The smallest absolute Gasteiger partial charge is 0.271 e. The van der Waals surface area contributed by atoms with Gasteiger partial charge in [0.15, 0.2) is 0 Å². The third-order valence-corrected chi connectivity index (χ3v) is 4.78. The maximum atomic E-state index is 11.9. The summed E-state index contributed by atoms with van der Waals surface area (Å²) in [6, 6.07) is 2.95. The Kier molecular flexibility index (Phi) is 5.22. The lowest BCUT2D eigenvalue weighted by molar-refractivity contribution is -0.384. The van der Waals surface area contributed by atoms with E-state index >= 15 is 0 Å². The van der Waals surface area contributed by atoms with E-state index in [1.165, 1.54) is 0 Å². The number of hydrogen-bond donors (Lipinski definition) is 3. The third-order valence-electron chi connectivity index (χ3n) is 2.39. The number of nitrogens with zero attached hydrogens (tertiary/aromatic N) is 1. The fraction of sp³-hybridized carbons (Fsp3) is 0.333. The highest BCUT2D eigenvalue weighted by molar-refractivity contribution is 7.89. The molecule has 21 heavy (non-hydrogen) atoms. The minimum absolute atomic E-state index is 0.00898. The molecule has 12 heteroatoms. The molecule has 1 aromatic rings. The van der Waals surface area contributed by atoms with Gasteiger partial charge in [0.2, 0.25) is 20.0 Å². The second-order valence-electron chi connectivity index (χ2n) is 4.10. The molecule has 0 saturated heterocycles. The van der Waals surface area contributed by atoms with Gasteiger partial charge in [-0.1, -0.05) is 0 Å². The molecule has 0 atom stereocenters. The van der Waals surface area contributed by atoms with Crippen molar-refractivity contribution in [2.24, 2.45) is 5.14 Å². The number of anilines is 1. The molecule has 0 unspecified atom stereocenters. The minimum Gasteiger partial charge on any atom is -0.397 e. The van der Waals surface area contributed by atoms with E-state index in [1.807, 2.05) is 0 Å². The van der Waals surface area contributed by atoms with E-state index in [2.05, 4.69) is 4.72 Å². The molecule has 0 radical (unpaired) electrons. The number of nitrogen functional groups attached to an aromatic ring is 1. The van der Waals surface area contributed by atoms with Crippen molar-refractivity contribution < 1.29 is 21.8 Å². The van der Waals surface area contributed by atoms with Crippen molar-refractivity contribution in [3.05, 3.63) is 28.3 Å². The Bertz CT molecular complexity index is 744. The molecule has 10 nitrogen and oxygen atoms in total. The van der Waals surface area contributed by atoms with Crippen LogP contribution in [-0.4, -0.2) is 34.1 Å². The number of primary sulfonamides is 1. The molecule has 0 aliphatic carbocycles. The summed E-state index contributed by atoms with van der Waals surface area (Å²) in [5.74, 6) is -0.370. The maximum Gasteiger partial charge on any atom is 0.271 e. The molecule has 0 aromatic heterocycles. The molecule has 1 aromatic carbocycles. The third kappa shape index (κ3) is 5.26. The number of hydrogen-bond acceptors (Lipinski definition) is 7. The fourth-order valence-electron chi connectivity index (χ4n) is 1.45. The van der Waals surface area contributed by atoms with Gasteiger partial charge in [-0.05, 0) is 12.5 Å². The van der Waals surface area contributed by atoms with Gasteiger partial charge in [0.1, 0.15) is 4.90 Å². The molecule has 0 saturated carbocycles. The Morgan fingerprint density at radius 1 is 1.24 bits per heavy atom. The molecule has 0 bridgehead atoms. The predicted molar refractivity (Wildman–Crippen MR) is 75.3 cm³/mol. The molecule has 0 fully saturated rings. The van der Waals surface area contributed by atoms with Crippen LogP contribution in [0.25, 0.3) is 0 Å². The topological polar surface area (TPSA) is 175 Å². The van der Waals surface area contributed by atoms with Gasteiger partial charge in [0.05, 0.1) is 16.4 Å². The first kappa shape index (κ1) is 17.3. The van der Waals surface area contributed by atoms with Crippen LogP contribution in [0.4, 0.5) is 11.4 Å². The van der Waals surface area contributed by atoms with E-state index in [0.29, 0.717) is 0 Å². The van der Waals surface area contributed by atoms with Crippen molar-refractivity contribution >= 4 is 31.4 Å². The first-order valence-corrected chi connectivity index (χ1v) is 8.77. The standard InChI is InChI=1S/C9H14N4O6S2/c10-8-6-7(13(14)15)2-3-9(8)21(18,19)12-4-1-5-20(11,16)17/h2-3,6,12H,1,4-5,10H2,(H2,11,16,17). The summed E-state index contributed by atoms with van der Waals surface area (Å²) in [7, 11) is -7.65. The second-order valence-corrected chi connectivity index (χ2v) is 7.57. The highest BCUT2D eigenvalue weighted by Crippen LogP contribution is 2.23. The number of nitro benzene ring substituents is 1. The number of nitrogens with two attached hydrogens (primary N) is 2. The lowest BCUT2D eigenvalue weighted by Crippen LogP contribution is -2.28. The summed E-state index contributed by atoms with van der Waals surface area (Å²) in [5, 5.41) is 15.3. The fourth-order valence-corrected chi connectivity index (χ4v) is 3.18. The average molecular weight is 338 g/mol. The monoisotopic (exact) mass is 338 g/mol. The quantitative estimate of drug-likeness (QED) is 0.250. The molecule has 5 N–H and O–H groups in total. The van der Waals surface area contributed by atoms with Gasteiger partial charge >= 0.3 is 0 Å². The van der Waals surface area contributed by atoms with Crippen LogP contribution in [0, 0.1) is 10.1 Å². The first-order chi connectivity index (χ1) is 9.53. The second kappa shape index (κ2) is 6.34. The van der Waals surface area contributed by atoms with Crippen LogP contribution in [0.3, 0.4) is 0 Å². The minimum atomic E-state index is -3.98. The molecule has 0 amide bonds. The Hall–Kier alpha value is -1.76. The van der Waals surface area contributed by atoms with Crippen LogP contribution >= 0.6 is 0 Å². The average Bonchev–Trinajstić information content (AvgIpc) is 2.33. The summed E-state index contributed by atoms with van der Waals surface area (Å²) in [4.78, 5) is 9.52. The van der Waals surface area contributed by atoms with Crippen molar-refractivity contribution in [2.45, 2.75) is 11.3 Å². The number of nitrogens with one attached hydrogen (secondary N) is 1. The van der Waals surface area contributed by atoms with Crippen LogP contribution in [0.15, 0.2) is 23.1 Å². The molecular weight excluding hydrogens is 324 g/mol. The normalized spacial score (nSPS) is 12.2. The number of nitro groups is 1. The van der Waals surface area contributed by atoms with Gasteiger partial charge in [0, 0.05) is 18.7 Å². The Balaban J connectivity index is 2.81. The highest BCUT2D eigenvalue weighted by atomic mass is 32.2. The summed E-state index contributed by atoms with van der Waals surface area (Å²) in [6.07, 6.45) is -0.00898. The van der Waals surface area contributed by atoms with Crippen LogP contribution in [0.2, 0.25) is 0 Å². The zero-order chi connectivity index (χ0) is 16.3. The lowest BCUT2D eigenvalue weighted by atomic mass is 10.3. The molecule has 1 rings (SSSR count). The van der Waals surface area contributed by atoms with E-state index in [-0.39, 0.29) is 35.0 Å². The Morgan fingerprint density at radius 3 is 2.33 bits per heavy atom. The molecule has 0 spiro atoms. The molecular formula is C9H14N4O6S2. The van der Waals surface area contributed by atoms with E-state index in [0.717, 1.165) is 18.2 Å².